The van der Waals surface area contributed by atoms with Crippen molar-refractivity contribution >= 4 is 16.0 Å². The van der Waals surface area contributed by atoms with Gasteiger partial charge in [0, 0.05) is 26.2 Å². The number of hydrogen-bond donors (Lipinski definition) is 0. The van der Waals surface area contributed by atoms with Crippen LogP contribution in [0.1, 0.15) is 42.2 Å². The molecule has 0 radical (unpaired) electrons. The Bertz CT molecular complexity index is 942. The molecule has 1 saturated heterocycles. The van der Waals surface area contributed by atoms with Gasteiger partial charge in [-0.3, -0.25) is 4.90 Å². The van der Waals surface area contributed by atoms with E-state index in [1.807, 2.05) is 4.68 Å². The molecule has 28 heavy (non-hydrogen) atoms. The number of rotatable bonds is 7. The number of piperazine rings is 1. The van der Waals surface area contributed by atoms with E-state index in [1.165, 1.54) is 16.4 Å². The van der Waals surface area contributed by atoms with Crippen LogP contribution in [0, 0.1) is 0 Å². The first-order valence-electron chi connectivity index (χ1n) is 9.25. The molecule has 0 spiro atoms. The fourth-order valence-electron chi connectivity index (χ4n) is 3.15. The van der Waals surface area contributed by atoms with E-state index >= 15 is 0 Å². The Morgan fingerprint density at radius 1 is 1.25 bits per heavy atom. The van der Waals surface area contributed by atoms with Crippen molar-refractivity contribution in [3.05, 3.63) is 23.7 Å². The lowest BCUT2D eigenvalue weighted by Crippen LogP contribution is -2.48. The van der Waals surface area contributed by atoms with E-state index in [9.17, 15) is 13.2 Å². The molecule has 0 unspecified atom stereocenters. The molecule has 2 aromatic heterocycles. The summed E-state index contributed by atoms with van der Waals surface area (Å²) in [4.78, 5) is 13.8. The largest absolute Gasteiger partial charge is 0.460 e. The molecule has 2 fully saturated rings. The zero-order valence-electron chi connectivity index (χ0n) is 15.5. The Kier molecular flexibility index (Phi) is 5.17. The van der Waals surface area contributed by atoms with Gasteiger partial charge in [0.05, 0.1) is 19.2 Å². The van der Waals surface area contributed by atoms with Crippen LogP contribution < -0.4 is 0 Å². The molecule has 4 rings (SSSR count). The lowest BCUT2D eigenvalue weighted by Gasteiger charge is -2.32. The quantitative estimate of drug-likeness (QED) is 0.592. The molecule has 2 aliphatic rings. The van der Waals surface area contributed by atoms with Crippen LogP contribution in [-0.4, -0.2) is 76.6 Å². The van der Waals surface area contributed by atoms with Gasteiger partial charge < -0.3 is 9.15 Å². The number of carbonyl (C=O) groups is 1. The van der Waals surface area contributed by atoms with Gasteiger partial charge >= 0.3 is 5.97 Å². The van der Waals surface area contributed by atoms with Crippen molar-refractivity contribution in [1.82, 2.24) is 29.4 Å². The first-order chi connectivity index (χ1) is 13.5. The Labute approximate surface area is 162 Å². The molecule has 152 valence electrons. The van der Waals surface area contributed by atoms with E-state index in [0.29, 0.717) is 38.8 Å². The van der Waals surface area contributed by atoms with E-state index < -0.39 is 16.0 Å². The highest BCUT2D eigenvalue weighted by Gasteiger charge is 2.33. The summed E-state index contributed by atoms with van der Waals surface area (Å²) in [6, 6.07) is 3.01. The maximum Gasteiger partial charge on any atom is 0.374 e. The second-order valence-corrected chi connectivity index (χ2v) is 8.66. The van der Waals surface area contributed by atoms with Gasteiger partial charge in [0.15, 0.2) is 5.82 Å². The normalized spacial score (nSPS) is 19.0. The molecule has 0 aromatic carbocycles. The highest BCUT2D eigenvalue weighted by atomic mass is 32.2. The average Bonchev–Trinajstić information content (AvgIpc) is 3.20. The van der Waals surface area contributed by atoms with Gasteiger partial charge in [-0.15, -0.1) is 5.10 Å². The van der Waals surface area contributed by atoms with Gasteiger partial charge in [-0.2, -0.15) is 4.31 Å². The number of ether oxygens (including phenoxy) is 1. The fourth-order valence-corrected chi connectivity index (χ4v) is 4.48. The van der Waals surface area contributed by atoms with Crippen LogP contribution in [0.25, 0.3) is 0 Å². The van der Waals surface area contributed by atoms with Gasteiger partial charge in [0.25, 0.3) is 10.0 Å². The Balaban J connectivity index is 1.37. The van der Waals surface area contributed by atoms with Gasteiger partial charge in [-0.05, 0) is 42.3 Å². The van der Waals surface area contributed by atoms with Gasteiger partial charge in [0.2, 0.25) is 10.9 Å². The van der Waals surface area contributed by atoms with E-state index in [1.54, 1.807) is 6.92 Å². The molecule has 2 aromatic rings. The van der Waals surface area contributed by atoms with Crippen molar-refractivity contribution in [3.63, 3.8) is 0 Å². The van der Waals surface area contributed by atoms with Gasteiger partial charge in [0.1, 0.15) is 0 Å². The summed E-state index contributed by atoms with van der Waals surface area (Å²) in [6.07, 6.45) is 2.20. The minimum Gasteiger partial charge on any atom is -0.460 e. The second kappa shape index (κ2) is 7.60. The van der Waals surface area contributed by atoms with E-state index in [4.69, 9.17) is 9.15 Å². The lowest BCUT2D eigenvalue weighted by molar-refractivity contribution is 0.0483. The number of sulfonamides is 1. The van der Waals surface area contributed by atoms with Crippen LogP contribution in [0.5, 0.6) is 0 Å². The maximum atomic E-state index is 12.8. The zero-order chi connectivity index (χ0) is 19.7. The molecule has 1 saturated carbocycles. The average molecular weight is 410 g/mol. The van der Waals surface area contributed by atoms with Gasteiger partial charge in [-0.25, -0.2) is 17.9 Å². The highest BCUT2D eigenvalue weighted by molar-refractivity contribution is 7.89. The SMILES string of the molecule is CCOC(=O)c1ccc(S(=O)(=O)N2CCN(Cc3nnnn3C3CC3)CC2)o1. The molecule has 0 N–H and O–H groups in total. The van der Waals surface area contributed by atoms with E-state index in [0.717, 1.165) is 18.7 Å². The topological polar surface area (TPSA) is 124 Å². The van der Waals surface area contributed by atoms with Crippen molar-refractivity contribution in [3.8, 4) is 0 Å². The third-order valence-corrected chi connectivity index (χ3v) is 6.57. The predicted octanol–water partition coefficient (Wildman–Crippen LogP) is 0.284. The minimum atomic E-state index is -3.80. The molecule has 3 heterocycles. The molecule has 0 atom stereocenters. The van der Waals surface area contributed by atoms with Crippen LogP contribution >= 0.6 is 0 Å². The maximum absolute atomic E-state index is 12.8. The van der Waals surface area contributed by atoms with Crippen molar-refractivity contribution in [2.24, 2.45) is 0 Å². The number of aromatic nitrogens is 4. The Morgan fingerprint density at radius 3 is 2.68 bits per heavy atom. The Hall–Kier alpha value is -2.31. The van der Waals surface area contributed by atoms with Crippen LogP contribution in [0.4, 0.5) is 0 Å². The molecule has 0 amide bonds. The molecule has 1 aliphatic carbocycles. The number of nitrogens with zero attached hydrogens (tertiary/aromatic N) is 6. The summed E-state index contributed by atoms with van der Waals surface area (Å²) >= 11 is 0. The minimum absolute atomic E-state index is 0.119. The first kappa shape index (κ1) is 19.0. The monoisotopic (exact) mass is 410 g/mol. The standard InChI is InChI=1S/C16H22N6O5S/c1-2-26-16(23)13-5-6-15(27-13)28(24,25)21-9-7-20(8-10-21)11-14-17-18-19-22(14)12-3-4-12/h5-6,12H,2-4,7-11H2,1H3. The third kappa shape index (κ3) is 3.80. The van der Waals surface area contributed by atoms with E-state index in [2.05, 4.69) is 20.4 Å². The number of furan rings is 1. The predicted molar refractivity (Wildman–Crippen MR) is 94.8 cm³/mol. The second-order valence-electron chi connectivity index (χ2n) is 6.79. The molecule has 11 nitrogen and oxygen atoms in total. The van der Waals surface area contributed by atoms with Crippen LogP contribution in [-0.2, 0) is 21.3 Å². The fraction of sp³-hybridized carbons (Fsp3) is 0.625. The van der Waals surface area contributed by atoms with Crippen molar-refractivity contribution in [2.45, 2.75) is 37.4 Å². The van der Waals surface area contributed by atoms with Crippen LogP contribution in [0.2, 0.25) is 0 Å². The van der Waals surface area contributed by atoms with Crippen LogP contribution in [0.15, 0.2) is 21.6 Å². The number of hydrogen-bond acceptors (Lipinski definition) is 9. The van der Waals surface area contributed by atoms with Crippen molar-refractivity contribution in [2.75, 3.05) is 32.8 Å². The van der Waals surface area contributed by atoms with Gasteiger partial charge in [-0.1, -0.05) is 0 Å². The first-order valence-corrected chi connectivity index (χ1v) is 10.7. The molecular formula is C16H22N6O5S. The zero-order valence-corrected chi connectivity index (χ0v) is 16.3. The molecule has 1 aliphatic heterocycles. The highest BCUT2D eigenvalue weighted by Crippen LogP contribution is 2.34. The summed E-state index contributed by atoms with van der Waals surface area (Å²) in [6.45, 7) is 4.20. The summed E-state index contributed by atoms with van der Waals surface area (Å²) in [5.41, 5.74) is 0. The summed E-state index contributed by atoms with van der Waals surface area (Å²) in [5.74, 6) is 0.0112. The number of carbonyl (C=O) groups excluding carboxylic acids is 1. The smallest absolute Gasteiger partial charge is 0.374 e. The molecule has 12 heteroatoms. The number of esters is 1. The summed E-state index contributed by atoms with van der Waals surface area (Å²) in [5, 5.41) is 11.6. The molecule has 0 bridgehead atoms. The summed E-state index contributed by atoms with van der Waals surface area (Å²) < 4.78 is 38.8. The molecular weight excluding hydrogens is 388 g/mol. The number of tetrazole rings is 1. The van der Waals surface area contributed by atoms with Crippen molar-refractivity contribution < 1.29 is 22.4 Å². The van der Waals surface area contributed by atoms with E-state index in [-0.39, 0.29) is 17.5 Å². The summed E-state index contributed by atoms with van der Waals surface area (Å²) in [7, 11) is -3.80. The van der Waals surface area contributed by atoms with Crippen molar-refractivity contribution in [1.29, 1.82) is 0 Å². The third-order valence-electron chi connectivity index (χ3n) is 4.80. The Morgan fingerprint density at radius 2 is 2.00 bits per heavy atom. The van der Waals surface area contributed by atoms with Crippen LogP contribution in [0.3, 0.4) is 0 Å². The lowest BCUT2D eigenvalue weighted by atomic mass is 10.3.